The second kappa shape index (κ2) is 10.4. The lowest BCUT2D eigenvalue weighted by Crippen LogP contribution is -2.30. The van der Waals surface area contributed by atoms with Gasteiger partial charge in [0, 0.05) is 41.1 Å². The van der Waals surface area contributed by atoms with Gasteiger partial charge in [-0.2, -0.15) is 0 Å². The zero-order valence-corrected chi connectivity index (χ0v) is 20.9. The molecule has 1 aliphatic heterocycles. The Morgan fingerprint density at radius 1 is 1.14 bits per heavy atom. The third-order valence-electron chi connectivity index (χ3n) is 6.79. The number of hydrogen-bond donors (Lipinski definition) is 4. The van der Waals surface area contributed by atoms with E-state index in [0.717, 1.165) is 59.3 Å². The molecule has 0 atom stereocenters. The molecule has 0 bridgehead atoms. The first-order chi connectivity index (χ1) is 17.5. The van der Waals surface area contributed by atoms with Gasteiger partial charge in [-0.1, -0.05) is 12.1 Å². The molecule has 0 saturated heterocycles. The molecule has 1 saturated carbocycles. The zero-order valence-electron chi connectivity index (χ0n) is 20.9. The van der Waals surface area contributed by atoms with E-state index in [1.807, 2.05) is 56.6 Å². The highest BCUT2D eigenvalue weighted by Crippen LogP contribution is 2.45. The molecule has 36 heavy (non-hydrogen) atoms. The largest absolute Gasteiger partial charge is 0.494 e. The van der Waals surface area contributed by atoms with Crippen LogP contribution >= 0.6 is 0 Å². The first kappa shape index (κ1) is 23.9. The van der Waals surface area contributed by atoms with Gasteiger partial charge in [0.05, 0.1) is 35.8 Å². The number of benzene rings is 2. The molecule has 2 aliphatic rings. The first-order valence-corrected chi connectivity index (χ1v) is 12.8. The van der Waals surface area contributed by atoms with E-state index in [-0.39, 0.29) is 12.3 Å². The number of fused-ring (bicyclic) bond motifs is 1. The van der Waals surface area contributed by atoms with Crippen LogP contribution in [0.15, 0.2) is 54.9 Å². The van der Waals surface area contributed by atoms with Crippen LogP contribution in [0.25, 0.3) is 22.2 Å². The number of nitrogens with one attached hydrogen (secondary N) is 3. The van der Waals surface area contributed by atoms with Gasteiger partial charge in [-0.05, 0) is 70.2 Å². The summed E-state index contributed by atoms with van der Waals surface area (Å²) in [6, 6.07) is 14.4. The van der Waals surface area contributed by atoms with Gasteiger partial charge < -0.3 is 30.4 Å². The van der Waals surface area contributed by atoms with Gasteiger partial charge in [-0.15, -0.1) is 0 Å². The van der Waals surface area contributed by atoms with E-state index in [1.165, 1.54) is 6.42 Å². The van der Waals surface area contributed by atoms with Crippen LogP contribution in [0.3, 0.4) is 0 Å². The van der Waals surface area contributed by atoms with E-state index in [2.05, 4.69) is 32.7 Å². The molecule has 5 N–H and O–H groups in total. The highest BCUT2D eigenvalue weighted by molar-refractivity contribution is 6.01. The smallest absolute Gasteiger partial charge is 0.411 e. The highest BCUT2D eigenvalue weighted by atomic mass is 16.6. The third-order valence-corrected chi connectivity index (χ3v) is 6.79. The summed E-state index contributed by atoms with van der Waals surface area (Å²) in [7, 11) is 0. The van der Waals surface area contributed by atoms with E-state index in [1.54, 1.807) is 0 Å². The Bertz CT molecular complexity index is 1240. The molecule has 0 spiro atoms. The zero-order chi connectivity index (χ0) is 25.1. The second-order valence-corrected chi connectivity index (χ2v) is 9.76. The topological polar surface area (TPSA) is 103 Å². The van der Waals surface area contributed by atoms with Crippen LogP contribution in [0.5, 0.6) is 5.75 Å². The van der Waals surface area contributed by atoms with Gasteiger partial charge in [-0.25, -0.2) is 4.79 Å². The number of rotatable bonds is 9. The number of ether oxygens (including phenoxy) is 2. The molecule has 190 valence electrons. The minimum absolute atomic E-state index is 0.172. The monoisotopic (exact) mass is 489 g/mol. The minimum Gasteiger partial charge on any atom is -0.494 e. The maximum Gasteiger partial charge on any atom is 0.411 e. The van der Waals surface area contributed by atoms with Crippen molar-refractivity contribution in [1.29, 1.82) is 0 Å². The van der Waals surface area contributed by atoms with Crippen molar-refractivity contribution in [2.45, 2.75) is 64.3 Å². The van der Waals surface area contributed by atoms with Crippen molar-refractivity contribution >= 4 is 28.4 Å². The molecule has 8 nitrogen and oxygen atoms in total. The Labute approximate surface area is 211 Å². The number of anilines is 2. The van der Waals surface area contributed by atoms with Crippen LogP contribution in [-0.2, 0) is 4.74 Å². The summed E-state index contributed by atoms with van der Waals surface area (Å²) >= 11 is 0. The van der Waals surface area contributed by atoms with E-state index < -0.39 is 6.09 Å². The molecule has 3 aromatic rings. The number of nitrogens with two attached hydrogens (primary N) is 1. The quantitative estimate of drug-likeness (QED) is 0.287. The molecule has 1 amide bonds. The lowest BCUT2D eigenvalue weighted by atomic mass is 9.92. The van der Waals surface area contributed by atoms with Crippen LogP contribution in [0.1, 0.15) is 52.0 Å². The summed E-state index contributed by atoms with van der Waals surface area (Å²) in [5.74, 6) is 0.862. The van der Waals surface area contributed by atoms with Crippen molar-refractivity contribution in [3.8, 4) is 17.0 Å². The van der Waals surface area contributed by atoms with Gasteiger partial charge in [0.25, 0.3) is 0 Å². The number of aromatic nitrogens is 1. The van der Waals surface area contributed by atoms with Gasteiger partial charge in [-0.3, -0.25) is 5.32 Å². The van der Waals surface area contributed by atoms with E-state index in [9.17, 15) is 4.79 Å². The summed E-state index contributed by atoms with van der Waals surface area (Å²) < 4.78 is 13.7. The highest BCUT2D eigenvalue weighted by Gasteiger charge is 2.27. The number of carbonyl (C=O) groups excluding carboxylic acids is 1. The Kier molecular flexibility index (Phi) is 6.93. The predicted molar refractivity (Wildman–Crippen MR) is 144 cm³/mol. The number of hydrogen-bond acceptors (Lipinski definition) is 6. The number of nitrogens with zero attached hydrogens (tertiary/aromatic N) is 1. The molecule has 2 heterocycles. The molecule has 5 rings (SSSR count). The van der Waals surface area contributed by atoms with Gasteiger partial charge in [0.1, 0.15) is 5.75 Å². The summed E-state index contributed by atoms with van der Waals surface area (Å²) in [6.45, 7) is 4.31. The fourth-order valence-corrected chi connectivity index (χ4v) is 4.82. The van der Waals surface area contributed by atoms with Crippen molar-refractivity contribution in [2.75, 3.05) is 17.7 Å². The fraction of sp³-hybridized carbons (Fsp3) is 0.393. The Hall–Kier alpha value is -3.81. The lowest BCUT2D eigenvalue weighted by molar-refractivity contribution is 0.130. The Morgan fingerprint density at radius 2 is 1.89 bits per heavy atom. The SMILES string of the molecule is CC(C)OC(=O)Nc1ccc(-c2c(N)c3ccc(OCCCC4NC=CN4)cc3n2C2CCC2)cc1. The summed E-state index contributed by atoms with van der Waals surface area (Å²) in [4.78, 5) is 12.0. The number of carbonyl (C=O) groups is 1. The first-order valence-electron chi connectivity index (χ1n) is 12.8. The molecule has 8 heteroatoms. The van der Waals surface area contributed by atoms with Crippen molar-refractivity contribution in [3.63, 3.8) is 0 Å². The van der Waals surface area contributed by atoms with E-state index >= 15 is 0 Å². The van der Waals surface area contributed by atoms with Crippen molar-refractivity contribution in [1.82, 2.24) is 15.2 Å². The van der Waals surface area contributed by atoms with E-state index in [4.69, 9.17) is 15.2 Å². The Balaban J connectivity index is 1.37. The van der Waals surface area contributed by atoms with Crippen molar-refractivity contribution in [3.05, 3.63) is 54.9 Å². The molecule has 1 fully saturated rings. The second-order valence-electron chi connectivity index (χ2n) is 9.76. The predicted octanol–water partition coefficient (Wildman–Crippen LogP) is 5.72. The number of nitrogen functional groups attached to an aromatic ring is 1. The molecule has 0 radical (unpaired) electrons. The van der Waals surface area contributed by atoms with Crippen LogP contribution in [-0.4, -0.2) is 29.5 Å². The van der Waals surface area contributed by atoms with E-state index in [0.29, 0.717) is 18.3 Å². The maximum absolute atomic E-state index is 12.0. The van der Waals surface area contributed by atoms with Crippen LogP contribution in [0.2, 0.25) is 0 Å². The van der Waals surface area contributed by atoms with Crippen LogP contribution in [0, 0.1) is 0 Å². The van der Waals surface area contributed by atoms with Gasteiger partial charge in [0.15, 0.2) is 0 Å². The third kappa shape index (κ3) is 5.08. The standard InChI is InChI=1S/C28H35N5O3/c1-18(2)36-28(34)32-20-10-8-19(9-11-20)27-26(29)23-13-12-22(17-24(23)33(27)21-5-3-6-21)35-16-4-7-25-30-14-15-31-25/h8-15,17-18,21,25,30-31H,3-7,16,29H2,1-2H3,(H,32,34). The molecular weight excluding hydrogens is 454 g/mol. The average Bonchev–Trinajstić information content (AvgIpc) is 3.43. The fourth-order valence-electron chi connectivity index (χ4n) is 4.82. The molecule has 0 unspecified atom stereocenters. The maximum atomic E-state index is 12.0. The van der Waals surface area contributed by atoms with Crippen LogP contribution in [0.4, 0.5) is 16.2 Å². The summed E-state index contributed by atoms with van der Waals surface area (Å²) in [5.41, 5.74) is 11.3. The average molecular weight is 490 g/mol. The molecular formula is C28H35N5O3. The summed E-state index contributed by atoms with van der Waals surface area (Å²) in [5, 5.41) is 10.3. The Morgan fingerprint density at radius 3 is 2.56 bits per heavy atom. The summed E-state index contributed by atoms with van der Waals surface area (Å²) in [6.07, 6.45) is 8.96. The lowest BCUT2D eigenvalue weighted by Gasteiger charge is -2.30. The number of amides is 1. The van der Waals surface area contributed by atoms with Crippen molar-refractivity contribution < 1.29 is 14.3 Å². The van der Waals surface area contributed by atoms with Gasteiger partial charge in [0.2, 0.25) is 0 Å². The van der Waals surface area contributed by atoms with Crippen molar-refractivity contribution in [2.24, 2.45) is 0 Å². The minimum atomic E-state index is -0.458. The molecule has 1 aromatic heterocycles. The van der Waals surface area contributed by atoms with Gasteiger partial charge >= 0.3 is 6.09 Å². The molecule has 2 aromatic carbocycles. The molecule has 1 aliphatic carbocycles. The normalized spacial score (nSPS) is 15.5. The van der Waals surface area contributed by atoms with Crippen LogP contribution < -0.4 is 26.4 Å².